The number of thiazole rings is 1. The summed E-state index contributed by atoms with van der Waals surface area (Å²) in [4.78, 5) is 86.1. The van der Waals surface area contributed by atoms with Crippen LogP contribution in [0.15, 0.2) is 22.7 Å². The molecule has 5 atom stereocenters. The van der Waals surface area contributed by atoms with Gasteiger partial charge < -0.3 is 19.8 Å². The number of benzene rings is 1. The van der Waals surface area contributed by atoms with Crippen LogP contribution in [-0.4, -0.2) is 89.6 Å². The number of amides is 1. The number of thioether (sulfide) groups is 1. The number of ether oxygens (including phenoxy) is 1. The molecule has 3 heterocycles. The molecule has 13 nitrogen and oxygen atoms in total. The van der Waals surface area contributed by atoms with E-state index < -0.39 is 57.5 Å². The largest absolute Gasteiger partial charge is 0.479 e. The Morgan fingerprint density at radius 2 is 1.83 bits per heavy atom. The number of hydrogen-bond acceptors (Lipinski definition) is 12. The summed E-state index contributed by atoms with van der Waals surface area (Å²) >= 11 is 2.20. The number of aliphatic carboxylic acids is 2. The van der Waals surface area contributed by atoms with E-state index in [4.69, 9.17) is 9.57 Å². The van der Waals surface area contributed by atoms with Gasteiger partial charge in [-0.25, -0.2) is 19.4 Å². The summed E-state index contributed by atoms with van der Waals surface area (Å²) < 4.78 is 5.53. The van der Waals surface area contributed by atoms with Gasteiger partial charge in [0.15, 0.2) is 22.1 Å². The molecule has 2 aromatic rings. The Kier molecular flexibility index (Phi) is 9.58. The Morgan fingerprint density at radius 3 is 2.46 bits per heavy atom. The number of carbonyl (C=O) groups is 6. The van der Waals surface area contributed by atoms with E-state index in [0.717, 1.165) is 33.4 Å². The zero-order valence-corrected chi connectivity index (χ0v) is 29.0. The van der Waals surface area contributed by atoms with Crippen LogP contribution in [0, 0.1) is 39.5 Å². The first-order valence-electron chi connectivity index (χ1n) is 15.4. The van der Waals surface area contributed by atoms with Gasteiger partial charge in [-0.2, -0.15) is 0 Å². The molecule has 0 bridgehead atoms. The number of carboxylic acid groups (broad SMARTS) is 2. The maximum atomic E-state index is 13.5. The van der Waals surface area contributed by atoms with E-state index in [0.29, 0.717) is 10.6 Å². The molecule has 2 aliphatic heterocycles. The van der Waals surface area contributed by atoms with E-state index in [1.807, 2.05) is 26.8 Å². The second-order valence-corrected chi connectivity index (χ2v) is 15.5. The molecule has 5 rings (SSSR count). The van der Waals surface area contributed by atoms with Crippen LogP contribution in [0.1, 0.15) is 77.3 Å². The Hall–Kier alpha value is -4.11. The Labute approximate surface area is 285 Å². The number of cyclic esters (lactones) is 1. The minimum atomic E-state index is -1.79. The lowest BCUT2D eigenvalue weighted by Gasteiger charge is -2.37. The molecule has 1 aliphatic carbocycles. The number of carbonyl (C=O) groups excluding carboxylic acids is 4. The lowest BCUT2D eigenvalue weighted by atomic mass is 9.68. The van der Waals surface area contributed by atoms with Crippen molar-refractivity contribution in [1.82, 2.24) is 9.88 Å². The van der Waals surface area contributed by atoms with Crippen molar-refractivity contribution in [3.63, 3.8) is 0 Å². The van der Waals surface area contributed by atoms with Crippen LogP contribution in [0.5, 0.6) is 0 Å². The Bertz CT molecular complexity index is 1750. The zero-order chi connectivity index (χ0) is 35.3. The van der Waals surface area contributed by atoms with Crippen molar-refractivity contribution >= 4 is 64.2 Å². The number of nitrogens with zero attached hydrogens (tertiary/aromatic N) is 3. The van der Waals surface area contributed by atoms with Gasteiger partial charge in [-0.05, 0) is 64.7 Å². The lowest BCUT2D eigenvalue weighted by molar-refractivity contribution is -0.161. The minimum Gasteiger partial charge on any atom is -0.479 e. The molecule has 15 heteroatoms. The first kappa shape index (κ1) is 35.2. The number of aryl methyl sites for hydroxylation is 2. The number of aromatic nitrogens is 1. The van der Waals surface area contributed by atoms with Crippen LogP contribution in [-0.2, 0) is 28.8 Å². The summed E-state index contributed by atoms with van der Waals surface area (Å²) in [7, 11) is 0. The third-order valence-corrected chi connectivity index (χ3v) is 12.1. The molecule has 256 valence electrons. The summed E-state index contributed by atoms with van der Waals surface area (Å²) in [6.07, 6.45) is -1.72. The second kappa shape index (κ2) is 13.1. The number of carboxylic acids is 2. The van der Waals surface area contributed by atoms with Crippen LogP contribution >= 0.6 is 23.1 Å². The molecule has 0 spiro atoms. The fourth-order valence-corrected chi connectivity index (χ4v) is 8.71. The highest BCUT2D eigenvalue weighted by Gasteiger charge is 2.67. The molecule has 1 aromatic heterocycles. The summed E-state index contributed by atoms with van der Waals surface area (Å²) in [6, 6.07) is 3.67. The summed E-state index contributed by atoms with van der Waals surface area (Å²) in [6.45, 7) is 10.0. The zero-order valence-electron chi connectivity index (χ0n) is 27.4. The molecule has 1 saturated carbocycles. The van der Waals surface area contributed by atoms with E-state index in [1.165, 1.54) is 25.2 Å². The van der Waals surface area contributed by atoms with Crippen molar-refractivity contribution in [3.8, 4) is 0 Å². The average molecular weight is 700 g/mol. The number of Topliss-reactive ketones (excluding diaryl/α,β-unsaturated/α-hetero) is 3. The Balaban J connectivity index is 1.28. The minimum absolute atomic E-state index is 0.0643. The molecule has 48 heavy (non-hydrogen) atoms. The number of ketones is 3. The highest BCUT2D eigenvalue weighted by atomic mass is 32.2. The molecular weight excluding hydrogens is 663 g/mol. The molecule has 1 aromatic carbocycles. The quantitative estimate of drug-likeness (QED) is 0.169. The highest BCUT2D eigenvalue weighted by Crippen LogP contribution is 2.59. The number of fused-ring (bicyclic) bond motifs is 1. The van der Waals surface area contributed by atoms with Gasteiger partial charge in [0.2, 0.25) is 5.60 Å². The topological polar surface area (TPSA) is 190 Å². The molecule has 2 saturated heterocycles. The monoisotopic (exact) mass is 699 g/mol. The molecule has 2 N–H and O–H groups in total. The van der Waals surface area contributed by atoms with Crippen molar-refractivity contribution < 1.29 is 48.6 Å². The van der Waals surface area contributed by atoms with Gasteiger partial charge in [0.1, 0.15) is 17.6 Å². The van der Waals surface area contributed by atoms with E-state index in [9.17, 15) is 39.0 Å². The van der Waals surface area contributed by atoms with E-state index >= 15 is 0 Å². The number of hydrogen-bond donors (Lipinski definition) is 2. The van der Waals surface area contributed by atoms with Crippen LogP contribution in [0.3, 0.4) is 0 Å². The van der Waals surface area contributed by atoms with Gasteiger partial charge in [0.25, 0.3) is 0 Å². The van der Waals surface area contributed by atoms with Gasteiger partial charge in [0, 0.05) is 47.3 Å². The van der Waals surface area contributed by atoms with Gasteiger partial charge >= 0.3 is 18.0 Å². The van der Waals surface area contributed by atoms with Crippen molar-refractivity contribution in [3.05, 3.63) is 50.5 Å². The normalized spacial score (nSPS) is 25.4. The van der Waals surface area contributed by atoms with Crippen LogP contribution in [0.25, 0.3) is 0 Å². The maximum Gasteiger partial charge on any atom is 0.411 e. The lowest BCUT2D eigenvalue weighted by Crippen LogP contribution is -2.52. The van der Waals surface area contributed by atoms with Crippen LogP contribution in [0.4, 0.5) is 4.79 Å². The average Bonchev–Trinajstić information content (AvgIpc) is 3.73. The fraction of sp³-hybridized carbons (Fsp3) is 0.515. The SMILES string of the molecule is Cc1nc(/C(=N/OC(C)(C)C(=O)O)C(=O)C[C@@H]2C(=O)C3C[C@@](C(=O)O)(N4CC(CCC(=O)c5ccc(C)c(C)c5C)OC4=O)S[C@@H]32)cs1. The van der Waals surface area contributed by atoms with Crippen LogP contribution < -0.4 is 0 Å². The van der Waals surface area contributed by atoms with Gasteiger partial charge in [-0.15, -0.1) is 23.1 Å². The molecule has 0 radical (unpaired) electrons. The third-order valence-electron chi connectivity index (χ3n) is 9.46. The third kappa shape index (κ3) is 6.37. The highest BCUT2D eigenvalue weighted by molar-refractivity contribution is 8.02. The second-order valence-electron chi connectivity index (χ2n) is 13.0. The van der Waals surface area contributed by atoms with Crippen LogP contribution in [0.2, 0.25) is 0 Å². The van der Waals surface area contributed by atoms with Crippen molar-refractivity contribution in [2.75, 3.05) is 6.54 Å². The predicted molar refractivity (Wildman–Crippen MR) is 175 cm³/mol. The smallest absolute Gasteiger partial charge is 0.411 e. The molecular formula is C33H37N3O10S2. The predicted octanol–water partition coefficient (Wildman–Crippen LogP) is 4.51. The van der Waals surface area contributed by atoms with Crippen molar-refractivity contribution in [2.45, 2.75) is 89.1 Å². The summed E-state index contributed by atoms with van der Waals surface area (Å²) in [5, 5.41) is 25.3. The standard InChI is InChI=1S/C33H37N3O10S2/c1-15-7-9-20(17(3)16(15)2)24(37)10-8-19-13-36(31(44)45-19)33(30(42)43)12-22-27(39)21(28(22)48-33)11-25(38)26(23-14-47-18(4)34-23)35-46-32(5,6)29(40)41/h7,9,14,19,21-22,28H,8,10-13H2,1-6H3,(H,40,41)(H,42,43)/b35-26-/t19?,21-,22?,28-,33-/m1/s1. The first-order chi connectivity index (χ1) is 22.5. The molecule has 3 fully saturated rings. The fourth-order valence-electron chi connectivity index (χ4n) is 6.22. The van der Waals surface area contributed by atoms with Crippen molar-refractivity contribution in [2.24, 2.45) is 17.0 Å². The van der Waals surface area contributed by atoms with Gasteiger partial charge in [-0.3, -0.25) is 19.3 Å². The maximum absolute atomic E-state index is 13.5. The number of oxime groups is 1. The van der Waals surface area contributed by atoms with E-state index in [-0.39, 0.29) is 55.2 Å². The molecule has 1 amide bonds. The number of rotatable bonds is 13. The first-order valence-corrected chi connectivity index (χ1v) is 17.2. The summed E-state index contributed by atoms with van der Waals surface area (Å²) in [5.41, 5.74) is 1.78. The molecule has 2 unspecified atom stereocenters. The Morgan fingerprint density at radius 1 is 1.12 bits per heavy atom. The molecule has 3 aliphatic rings. The van der Waals surface area contributed by atoms with Gasteiger partial charge in [0.05, 0.1) is 11.6 Å². The summed E-state index contributed by atoms with van der Waals surface area (Å²) in [5.74, 6) is -5.18. The van der Waals surface area contributed by atoms with Crippen molar-refractivity contribution in [1.29, 1.82) is 0 Å². The van der Waals surface area contributed by atoms with E-state index in [1.54, 1.807) is 18.4 Å². The van der Waals surface area contributed by atoms with E-state index in [2.05, 4.69) is 10.1 Å². The van der Waals surface area contributed by atoms with Gasteiger partial charge in [-0.1, -0.05) is 17.3 Å².